The Kier molecular flexibility index (Phi) is 5.03. The topological polar surface area (TPSA) is 38.3 Å². The molecule has 0 aromatic heterocycles. The van der Waals surface area contributed by atoms with Crippen LogP contribution in [0, 0.1) is 11.6 Å². The fourth-order valence-corrected chi connectivity index (χ4v) is 1.39. The maximum absolute atomic E-state index is 13.0. The molecule has 94 valence electrons. The Morgan fingerprint density at radius 3 is 2.71 bits per heavy atom. The average Bonchev–Trinajstić information content (AvgIpc) is 2.32. The third-order valence-corrected chi connectivity index (χ3v) is 2.45. The van der Waals surface area contributed by atoms with Gasteiger partial charge in [-0.25, -0.2) is 8.78 Å². The van der Waals surface area contributed by atoms with Crippen LogP contribution in [-0.2, 0) is 9.53 Å². The molecule has 1 N–H and O–H groups in total. The first-order valence-corrected chi connectivity index (χ1v) is 5.29. The normalized spacial score (nSPS) is 12.2. The van der Waals surface area contributed by atoms with E-state index in [1.807, 2.05) is 6.92 Å². The van der Waals surface area contributed by atoms with E-state index in [0.717, 1.165) is 12.1 Å². The molecule has 0 heterocycles. The van der Waals surface area contributed by atoms with Crippen LogP contribution < -0.4 is 5.32 Å². The van der Waals surface area contributed by atoms with Gasteiger partial charge in [0.05, 0.1) is 13.5 Å². The van der Waals surface area contributed by atoms with Crippen LogP contribution in [0.3, 0.4) is 0 Å². The lowest BCUT2D eigenvalue weighted by Crippen LogP contribution is -2.22. The molecule has 0 saturated carbocycles. The number of carbonyl (C=O) groups excluding carboxylic acids is 1. The Morgan fingerprint density at radius 1 is 1.41 bits per heavy atom. The smallest absolute Gasteiger partial charge is 0.306 e. The van der Waals surface area contributed by atoms with Crippen molar-refractivity contribution < 1.29 is 18.3 Å². The Bertz CT molecular complexity index is 396. The van der Waals surface area contributed by atoms with E-state index < -0.39 is 11.6 Å². The van der Waals surface area contributed by atoms with Gasteiger partial charge < -0.3 is 10.1 Å². The Labute approximate surface area is 98.8 Å². The second-order valence-electron chi connectivity index (χ2n) is 3.68. The molecule has 1 aromatic rings. The Hall–Kier alpha value is -1.49. The third kappa shape index (κ3) is 4.11. The van der Waals surface area contributed by atoms with Crippen LogP contribution in [0.2, 0.25) is 0 Å². The van der Waals surface area contributed by atoms with Gasteiger partial charge in [-0.3, -0.25) is 4.79 Å². The molecule has 5 heteroatoms. The Morgan fingerprint density at radius 2 is 2.12 bits per heavy atom. The number of ether oxygens (including phenoxy) is 1. The van der Waals surface area contributed by atoms with Crippen molar-refractivity contribution in [1.82, 2.24) is 5.32 Å². The molecule has 1 rings (SSSR count). The zero-order valence-corrected chi connectivity index (χ0v) is 9.80. The zero-order valence-electron chi connectivity index (χ0n) is 9.80. The van der Waals surface area contributed by atoms with E-state index in [2.05, 4.69) is 10.1 Å². The highest BCUT2D eigenvalue weighted by molar-refractivity contribution is 5.69. The molecule has 17 heavy (non-hydrogen) atoms. The summed E-state index contributed by atoms with van der Waals surface area (Å²) in [4.78, 5) is 10.9. The van der Waals surface area contributed by atoms with Crippen molar-refractivity contribution in [2.45, 2.75) is 19.4 Å². The van der Waals surface area contributed by atoms with Crippen molar-refractivity contribution >= 4 is 5.97 Å². The molecule has 0 saturated heterocycles. The average molecular weight is 243 g/mol. The maximum Gasteiger partial charge on any atom is 0.306 e. The SMILES string of the molecule is COC(=O)CCNC(C)c1ccc(F)c(F)c1. The second kappa shape index (κ2) is 6.30. The van der Waals surface area contributed by atoms with Gasteiger partial charge in [0.1, 0.15) is 0 Å². The van der Waals surface area contributed by atoms with Gasteiger partial charge in [-0.2, -0.15) is 0 Å². The zero-order chi connectivity index (χ0) is 12.8. The molecule has 1 unspecified atom stereocenters. The standard InChI is InChI=1S/C12H15F2NO2/c1-8(15-6-5-12(16)17-2)9-3-4-10(13)11(14)7-9/h3-4,7-8,15H,5-6H2,1-2H3. The quantitative estimate of drug-likeness (QED) is 0.805. The molecule has 3 nitrogen and oxygen atoms in total. The van der Waals surface area contributed by atoms with Gasteiger partial charge in [-0.15, -0.1) is 0 Å². The number of methoxy groups -OCH3 is 1. The molecular weight excluding hydrogens is 228 g/mol. The highest BCUT2D eigenvalue weighted by atomic mass is 19.2. The molecule has 0 bridgehead atoms. The van der Waals surface area contributed by atoms with Gasteiger partial charge >= 0.3 is 5.97 Å². The molecule has 0 amide bonds. The maximum atomic E-state index is 13.0. The van der Waals surface area contributed by atoms with Gasteiger partial charge in [0.15, 0.2) is 11.6 Å². The minimum absolute atomic E-state index is 0.158. The van der Waals surface area contributed by atoms with Gasteiger partial charge in [-0.1, -0.05) is 6.07 Å². The van der Waals surface area contributed by atoms with Crippen molar-refractivity contribution in [3.05, 3.63) is 35.4 Å². The number of halogens is 2. The third-order valence-electron chi connectivity index (χ3n) is 2.45. The number of esters is 1. The van der Waals surface area contributed by atoms with E-state index in [4.69, 9.17) is 0 Å². The number of rotatable bonds is 5. The fraction of sp³-hybridized carbons (Fsp3) is 0.417. The summed E-state index contributed by atoms with van der Waals surface area (Å²) in [6, 6.07) is 3.58. The van der Waals surface area contributed by atoms with Crippen LogP contribution in [0.15, 0.2) is 18.2 Å². The largest absolute Gasteiger partial charge is 0.469 e. The second-order valence-corrected chi connectivity index (χ2v) is 3.68. The summed E-state index contributed by atoms with van der Waals surface area (Å²) in [7, 11) is 1.32. The predicted molar refractivity (Wildman–Crippen MR) is 59.4 cm³/mol. The minimum Gasteiger partial charge on any atom is -0.469 e. The highest BCUT2D eigenvalue weighted by Gasteiger charge is 2.09. The number of hydrogen-bond acceptors (Lipinski definition) is 3. The highest BCUT2D eigenvalue weighted by Crippen LogP contribution is 2.15. The molecule has 0 aliphatic rings. The number of carbonyl (C=O) groups is 1. The monoisotopic (exact) mass is 243 g/mol. The molecule has 0 radical (unpaired) electrons. The predicted octanol–water partition coefficient (Wildman–Crippen LogP) is 2.18. The van der Waals surface area contributed by atoms with Crippen molar-refractivity contribution in [2.24, 2.45) is 0 Å². The van der Waals surface area contributed by atoms with E-state index in [9.17, 15) is 13.6 Å². The summed E-state index contributed by atoms with van der Waals surface area (Å²) in [5.41, 5.74) is 0.633. The van der Waals surface area contributed by atoms with Crippen LogP contribution in [-0.4, -0.2) is 19.6 Å². The number of hydrogen-bond donors (Lipinski definition) is 1. The van der Waals surface area contributed by atoms with Gasteiger partial charge in [0.25, 0.3) is 0 Å². The van der Waals surface area contributed by atoms with Crippen LogP contribution in [0.25, 0.3) is 0 Å². The van der Waals surface area contributed by atoms with E-state index in [1.165, 1.54) is 13.2 Å². The lowest BCUT2D eigenvalue weighted by Gasteiger charge is -2.13. The van der Waals surface area contributed by atoms with Gasteiger partial charge in [0, 0.05) is 12.6 Å². The molecule has 0 spiro atoms. The summed E-state index contributed by atoms with van der Waals surface area (Å²) >= 11 is 0. The van der Waals surface area contributed by atoms with Crippen molar-refractivity contribution in [2.75, 3.05) is 13.7 Å². The van der Waals surface area contributed by atoms with Crippen molar-refractivity contribution in [3.8, 4) is 0 Å². The summed E-state index contributed by atoms with van der Waals surface area (Å²) in [5, 5.41) is 3.02. The van der Waals surface area contributed by atoms with Gasteiger partial charge in [0.2, 0.25) is 0 Å². The van der Waals surface area contributed by atoms with Crippen molar-refractivity contribution in [1.29, 1.82) is 0 Å². The van der Waals surface area contributed by atoms with E-state index in [0.29, 0.717) is 12.1 Å². The molecule has 1 aromatic carbocycles. The molecular formula is C12H15F2NO2. The minimum atomic E-state index is -0.871. The summed E-state index contributed by atoms with van der Waals surface area (Å²) < 4.78 is 30.2. The van der Waals surface area contributed by atoms with E-state index >= 15 is 0 Å². The lowest BCUT2D eigenvalue weighted by atomic mass is 10.1. The first kappa shape index (κ1) is 13.6. The summed E-state index contributed by atoms with van der Waals surface area (Å²) in [6.07, 6.45) is 0.241. The molecule has 0 fully saturated rings. The van der Waals surface area contributed by atoms with Crippen LogP contribution in [0.4, 0.5) is 8.78 Å². The fourth-order valence-electron chi connectivity index (χ4n) is 1.39. The Balaban J connectivity index is 2.49. The summed E-state index contributed by atoms with van der Waals surface area (Å²) in [5.74, 6) is -2.05. The first-order valence-electron chi connectivity index (χ1n) is 5.29. The molecule has 0 aliphatic heterocycles. The van der Waals surface area contributed by atoms with E-state index in [1.54, 1.807) is 0 Å². The summed E-state index contributed by atoms with van der Waals surface area (Å²) in [6.45, 7) is 2.23. The molecule has 0 aliphatic carbocycles. The van der Waals surface area contributed by atoms with Crippen LogP contribution in [0.5, 0.6) is 0 Å². The molecule has 1 atom stereocenters. The number of benzene rings is 1. The van der Waals surface area contributed by atoms with Gasteiger partial charge in [-0.05, 0) is 24.6 Å². The number of nitrogens with one attached hydrogen (secondary N) is 1. The van der Waals surface area contributed by atoms with E-state index in [-0.39, 0.29) is 18.4 Å². The van der Waals surface area contributed by atoms with Crippen LogP contribution in [0.1, 0.15) is 24.9 Å². The lowest BCUT2D eigenvalue weighted by molar-refractivity contribution is -0.140. The first-order chi connectivity index (χ1) is 8.04. The van der Waals surface area contributed by atoms with Crippen LogP contribution >= 0.6 is 0 Å². The van der Waals surface area contributed by atoms with Crippen molar-refractivity contribution in [3.63, 3.8) is 0 Å².